The van der Waals surface area contributed by atoms with Gasteiger partial charge in [0.2, 0.25) is 0 Å². The van der Waals surface area contributed by atoms with Crippen LogP contribution in [-0.2, 0) is 98.1 Å². The van der Waals surface area contributed by atoms with Gasteiger partial charge in [-0.3, -0.25) is 0 Å². The second-order valence-corrected chi connectivity index (χ2v) is 2.29. The monoisotopic (exact) mass is 383 g/mol. The summed E-state index contributed by atoms with van der Waals surface area (Å²) < 4.78 is 0. The summed E-state index contributed by atoms with van der Waals surface area (Å²) in [6.45, 7) is 4.09. The summed E-state index contributed by atoms with van der Waals surface area (Å²) in [4.78, 5) is 0. The van der Waals surface area contributed by atoms with Crippen molar-refractivity contribution in [3.05, 3.63) is 29.3 Å². The van der Waals surface area contributed by atoms with E-state index in [1.165, 1.54) is 11.1 Å². The molecule has 0 aliphatic heterocycles. The Morgan fingerprint density at radius 2 is 1.50 bits per heavy atom. The van der Waals surface area contributed by atoms with Crippen LogP contribution in [0.4, 0.5) is 0 Å². The number of benzene rings is 1. The van der Waals surface area contributed by atoms with Crippen molar-refractivity contribution in [2.45, 2.75) is 13.8 Å². The Kier molecular flexibility index (Phi) is 16.9. The molecule has 0 heterocycles. The van der Waals surface area contributed by atoms with E-state index in [1.54, 1.807) is 0 Å². The van der Waals surface area contributed by atoms with Gasteiger partial charge in [-0.15, -0.1) is 0 Å². The van der Waals surface area contributed by atoms with E-state index in [9.17, 15) is 0 Å². The standard InChI is InChI=1S/C8H9B.3Y/c1-6-4-3-5-8(9)7(6)2;;;/h3-5H,1-2H3;;;. The van der Waals surface area contributed by atoms with Gasteiger partial charge in [-0.25, -0.2) is 0 Å². The van der Waals surface area contributed by atoms with Crippen LogP contribution in [0.1, 0.15) is 11.1 Å². The second-order valence-electron chi connectivity index (χ2n) is 2.29. The van der Waals surface area contributed by atoms with Crippen molar-refractivity contribution < 1.29 is 98.1 Å². The first-order chi connectivity index (χ1) is 4.22. The summed E-state index contributed by atoms with van der Waals surface area (Å²) in [7, 11) is 5.62. The van der Waals surface area contributed by atoms with Crippen molar-refractivity contribution in [2.75, 3.05) is 0 Å². The minimum atomic E-state index is 0. The van der Waals surface area contributed by atoms with Crippen LogP contribution in [0.3, 0.4) is 0 Å². The molecule has 0 aromatic heterocycles. The van der Waals surface area contributed by atoms with Crippen LogP contribution in [0, 0.1) is 13.8 Å². The van der Waals surface area contributed by atoms with E-state index in [4.69, 9.17) is 7.85 Å². The second kappa shape index (κ2) is 10.1. The third-order valence-corrected chi connectivity index (χ3v) is 1.65. The maximum atomic E-state index is 5.62. The molecule has 0 saturated heterocycles. The fourth-order valence-corrected chi connectivity index (χ4v) is 0.774. The van der Waals surface area contributed by atoms with Gasteiger partial charge >= 0.3 is 0 Å². The average Bonchev–Trinajstić information content (AvgIpc) is 1.83. The van der Waals surface area contributed by atoms with Gasteiger partial charge in [-0.1, -0.05) is 29.2 Å². The molecule has 1 aromatic carbocycles. The normalized spacial score (nSPS) is 7.17. The topological polar surface area (TPSA) is 0 Å². The number of hydrogen-bond acceptors (Lipinski definition) is 0. The average molecular weight is 383 g/mol. The van der Waals surface area contributed by atoms with Crippen LogP contribution in [-0.4, -0.2) is 7.85 Å². The number of aryl methyl sites for hydroxylation is 1. The molecule has 4 heteroatoms. The summed E-state index contributed by atoms with van der Waals surface area (Å²) >= 11 is 0. The van der Waals surface area contributed by atoms with Crippen LogP contribution in [0.5, 0.6) is 0 Å². The summed E-state index contributed by atoms with van der Waals surface area (Å²) in [5.74, 6) is 0. The minimum absolute atomic E-state index is 0. The SMILES string of the molecule is [B]c1cccc(C)c1C.[Y].[Y].[Y]. The van der Waals surface area contributed by atoms with Crippen molar-refractivity contribution in [1.82, 2.24) is 0 Å². The van der Waals surface area contributed by atoms with Crippen LogP contribution in [0.25, 0.3) is 0 Å². The quantitative estimate of drug-likeness (QED) is 0.589. The van der Waals surface area contributed by atoms with Crippen LogP contribution in [0.2, 0.25) is 0 Å². The molecular weight excluding hydrogens is 374 g/mol. The molecule has 0 spiro atoms. The maximum Gasteiger partial charge on any atom is 0.114 e. The predicted molar refractivity (Wildman–Crippen MR) is 41.3 cm³/mol. The molecule has 0 fully saturated rings. The summed E-state index contributed by atoms with van der Waals surface area (Å²) in [6.07, 6.45) is 0. The molecule has 0 aliphatic rings. The number of rotatable bonds is 0. The van der Waals surface area contributed by atoms with E-state index in [0.717, 1.165) is 5.46 Å². The first-order valence-corrected chi connectivity index (χ1v) is 3.03. The van der Waals surface area contributed by atoms with Gasteiger partial charge in [-0.05, 0) is 19.4 Å². The molecule has 0 amide bonds. The van der Waals surface area contributed by atoms with Gasteiger partial charge in [0, 0.05) is 98.1 Å². The molecule has 0 atom stereocenters. The Labute approximate surface area is 151 Å². The van der Waals surface area contributed by atoms with E-state index >= 15 is 0 Å². The Morgan fingerprint density at radius 1 is 1.00 bits per heavy atom. The zero-order valence-electron chi connectivity index (χ0n) is 7.54. The fourth-order valence-electron chi connectivity index (χ4n) is 0.774. The molecular formula is C8H9BY3. The minimum Gasteiger partial charge on any atom is -0.0936 e. The largest absolute Gasteiger partial charge is 0.114 e. The zero-order valence-corrected chi connectivity index (χ0v) is 16.1. The predicted octanol–water partition coefficient (Wildman–Crippen LogP) is 1.09. The van der Waals surface area contributed by atoms with E-state index in [2.05, 4.69) is 13.0 Å². The summed E-state index contributed by atoms with van der Waals surface area (Å²) in [5, 5.41) is 0. The first-order valence-electron chi connectivity index (χ1n) is 3.03. The third kappa shape index (κ3) is 6.15. The van der Waals surface area contributed by atoms with Crippen molar-refractivity contribution in [2.24, 2.45) is 0 Å². The van der Waals surface area contributed by atoms with Crippen LogP contribution >= 0.6 is 0 Å². The summed E-state index contributed by atoms with van der Waals surface area (Å²) in [6, 6.07) is 5.95. The molecule has 1 rings (SSSR count). The van der Waals surface area contributed by atoms with Gasteiger partial charge in [-0.2, -0.15) is 0 Å². The van der Waals surface area contributed by atoms with Crippen LogP contribution < -0.4 is 5.46 Å². The van der Waals surface area contributed by atoms with Gasteiger partial charge in [0.25, 0.3) is 0 Å². The van der Waals surface area contributed by atoms with Gasteiger partial charge in [0.1, 0.15) is 7.85 Å². The van der Waals surface area contributed by atoms with Crippen molar-refractivity contribution in [3.63, 3.8) is 0 Å². The van der Waals surface area contributed by atoms with E-state index in [0.29, 0.717) is 0 Å². The molecule has 0 bridgehead atoms. The molecule has 53 valence electrons. The van der Waals surface area contributed by atoms with Gasteiger partial charge in [0.05, 0.1) is 0 Å². The Balaban J connectivity index is -0.000000270. The van der Waals surface area contributed by atoms with E-state index in [-0.39, 0.29) is 98.1 Å². The smallest absolute Gasteiger partial charge is 0.0936 e. The van der Waals surface area contributed by atoms with Gasteiger partial charge in [0.15, 0.2) is 0 Å². The van der Waals surface area contributed by atoms with E-state index in [1.807, 2.05) is 19.1 Å². The molecule has 0 nitrogen and oxygen atoms in total. The molecule has 5 radical (unpaired) electrons. The van der Waals surface area contributed by atoms with Crippen molar-refractivity contribution in [3.8, 4) is 0 Å². The van der Waals surface area contributed by atoms with Crippen molar-refractivity contribution in [1.29, 1.82) is 0 Å². The Bertz CT molecular complexity index is 205. The molecule has 1 aromatic rings. The first kappa shape index (κ1) is 20.1. The zero-order chi connectivity index (χ0) is 6.85. The van der Waals surface area contributed by atoms with Gasteiger partial charge < -0.3 is 0 Å². The molecule has 0 aliphatic carbocycles. The molecule has 0 N–H and O–H groups in total. The van der Waals surface area contributed by atoms with Crippen LogP contribution in [0.15, 0.2) is 18.2 Å². The van der Waals surface area contributed by atoms with E-state index < -0.39 is 0 Å². The Hall–Kier alpha value is 2.60. The molecule has 12 heavy (non-hydrogen) atoms. The number of hydrogen-bond donors (Lipinski definition) is 0. The summed E-state index contributed by atoms with van der Waals surface area (Å²) in [5.41, 5.74) is 3.34. The molecule has 0 saturated carbocycles. The van der Waals surface area contributed by atoms with Crippen molar-refractivity contribution >= 4 is 13.3 Å². The maximum absolute atomic E-state index is 5.62. The Morgan fingerprint density at radius 3 is 1.83 bits per heavy atom. The fraction of sp³-hybridized carbons (Fsp3) is 0.250. The molecule has 0 unspecified atom stereocenters. The third-order valence-electron chi connectivity index (χ3n) is 1.65.